The van der Waals surface area contributed by atoms with Gasteiger partial charge in [-0.1, -0.05) is 12.1 Å². The molecule has 0 spiro atoms. The van der Waals surface area contributed by atoms with Gasteiger partial charge in [0.15, 0.2) is 11.5 Å². The fraction of sp³-hybridized carbons (Fsp3) is 0.160. The molecule has 0 bridgehead atoms. The molecular formula is C25H21FINO3. The Hall–Kier alpha value is -3.05. The van der Waals surface area contributed by atoms with Gasteiger partial charge in [-0.05, 0) is 101 Å². The minimum Gasteiger partial charge on any atom is -0.497 e. The number of allylic oxidation sites excluding steroid dienone is 1. The Morgan fingerprint density at radius 1 is 1.10 bits per heavy atom. The predicted octanol–water partition coefficient (Wildman–Crippen LogP) is 6.48. The molecule has 3 aromatic carbocycles. The monoisotopic (exact) mass is 529 g/mol. The minimum atomic E-state index is -0.302. The lowest BCUT2D eigenvalue weighted by molar-refractivity contribution is 0.267. The maximum atomic E-state index is 13.4. The zero-order chi connectivity index (χ0) is 22.2. The van der Waals surface area contributed by atoms with Crippen molar-refractivity contribution in [1.82, 2.24) is 0 Å². The molecule has 158 valence electrons. The molecule has 0 amide bonds. The van der Waals surface area contributed by atoms with Crippen LogP contribution in [-0.2, 0) is 6.61 Å². The number of nitriles is 1. The standard InChI is InChI=1S/C25H21FINO3/c1-3-30-24-14-18(11-20(15-28)19-7-9-22(29-2)10-8-19)13-23(27)25(24)31-16-17-5-4-6-21(26)12-17/h4-14H,3,16H2,1-2H3/b20-11+. The third-order valence-electron chi connectivity index (χ3n) is 4.44. The average molecular weight is 529 g/mol. The van der Waals surface area contributed by atoms with Crippen molar-refractivity contribution in [2.45, 2.75) is 13.5 Å². The van der Waals surface area contributed by atoms with Gasteiger partial charge in [0.1, 0.15) is 18.2 Å². The fourth-order valence-corrected chi connectivity index (χ4v) is 3.76. The molecule has 6 heteroatoms. The van der Waals surface area contributed by atoms with E-state index in [0.29, 0.717) is 23.7 Å². The van der Waals surface area contributed by atoms with Gasteiger partial charge in [0.05, 0.1) is 28.9 Å². The van der Waals surface area contributed by atoms with Crippen molar-refractivity contribution in [2.75, 3.05) is 13.7 Å². The molecule has 0 aliphatic carbocycles. The topological polar surface area (TPSA) is 51.5 Å². The number of hydrogen-bond acceptors (Lipinski definition) is 4. The Morgan fingerprint density at radius 2 is 1.87 bits per heavy atom. The first kappa shape index (κ1) is 22.6. The van der Waals surface area contributed by atoms with Crippen molar-refractivity contribution in [2.24, 2.45) is 0 Å². The third-order valence-corrected chi connectivity index (χ3v) is 5.24. The van der Waals surface area contributed by atoms with E-state index >= 15 is 0 Å². The number of nitrogens with zero attached hydrogens (tertiary/aromatic N) is 1. The highest BCUT2D eigenvalue weighted by Gasteiger charge is 2.13. The van der Waals surface area contributed by atoms with E-state index in [1.165, 1.54) is 12.1 Å². The van der Waals surface area contributed by atoms with Gasteiger partial charge in [-0.3, -0.25) is 0 Å². The number of halogens is 2. The molecule has 0 N–H and O–H groups in total. The summed E-state index contributed by atoms with van der Waals surface area (Å²) in [6.07, 6.45) is 1.81. The Kier molecular flexibility index (Phi) is 7.90. The first-order valence-corrected chi connectivity index (χ1v) is 10.7. The Morgan fingerprint density at radius 3 is 2.52 bits per heavy atom. The predicted molar refractivity (Wildman–Crippen MR) is 128 cm³/mol. The van der Waals surface area contributed by atoms with Crippen LogP contribution in [0.2, 0.25) is 0 Å². The molecule has 31 heavy (non-hydrogen) atoms. The maximum absolute atomic E-state index is 13.4. The Bertz CT molecular complexity index is 1120. The Labute approximate surface area is 195 Å². The molecule has 0 aliphatic heterocycles. The molecular weight excluding hydrogens is 508 g/mol. The third kappa shape index (κ3) is 5.98. The van der Waals surface area contributed by atoms with Crippen LogP contribution in [-0.4, -0.2) is 13.7 Å². The molecule has 0 aliphatic rings. The number of ether oxygens (including phenoxy) is 3. The molecule has 0 unspecified atom stereocenters. The van der Waals surface area contributed by atoms with Gasteiger partial charge in [-0.2, -0.15) is 5.26 Å². The summed E-state index contributed by atoms with van der Waals surface area (Å²) in [5, 5.41) is 9.66. The van der Waals surface area contributed by atoms with Crippen molar-refractivity contribution in [3.63, 3.8) is 0 Å². The van der Waals surface area contributed by atoms with Crippen molar-refractivity contribution in [3.05, 3.63) is 86.7 Å². The van der Waals surface area contributed by atoms with E-state index in [9.17, 15) is 9.65 Å². The molecule has 0 aromatic heterocycles. The van der Waals surface area contributed by atoms with Gasteiger partial charge in [0.25, 0.3) is 0 Å². The molecule has 0 heterocycles. The van der Waals surface area contributed by atoms with Crippen LogP contribution >= 0.6 is 22.6 Å². The average Bonchev–Trinajstić information content (AvgIpc) is 2.77. The van der Waals surface area contributed by atoms with E-state index in [1.807, 2.05) is 49.4 Å². The summed E-state index contributed by atoms with van der Waals surface area (Å²) < 4.78 is 31.2. The van der Waals surface area contributed by atoms with Gasteiger partial charge >= 0.3 is 0 Å². The first-order chi connectivity index (χ1) is 15.0. The molecule has 0 saturated carbocycles. The van der Waals surface area contributed by atoms with Crippen LogP contribution in [0.25, 0.3) is 11.6 Å². The fourth-order valence-electron chi connectivity index (χ4n) is 2.97. The van der Waals surface area contributed by atoms with Crippen LogP contribution < -0.4 is 14.2 Å². The van der Waals surface area contributed by atoms with Gasteiger partial charge in [0.2, 0.25) is 0 Å². The maximum Gasteiger partial charge on any atom is 0.175 e. The van der Waals surface area contributed by atoms with Crippen molar-refractivity contribution in [3.8, 4) is 23.3 Å². The highest BCUT2D eigenvalue weighted by atomic mass is 127. The Balaban J connectivity index is 1.90. The zero-order valence-electron chi connectivity index (χ0n) is 17.2. The number of methoxy groups -OCH3 is 1. The summed E-state index contributed by atoms with van der Waals surface area (Å²) in [7, 11) is 1.60. The SMILES string of the molecule is CCOc1cc(/C=C(\C#N)c2ccc(OC)cc2)cc(I)c1OCc1cccc(F)c1. The van der Waals surface area contributed by atoms with Gasteiger partial charge in [0, 0.05) is 0 Å². The molecule has 0 fully saturated rings. The second-order valence-electron chi connectivity index (χ2n) is 6.58. The van der Waals surface area contributed by atoms with Crippen LogP contribution in [0, 0.1) is 20.7 Å². The van der Waals surface area contributed by atoms with Crippen molar-refractivity contribution in [1.29, 1.82) is 5.26 Å². The summed E-state index contributed by atoms with van der Waals surface area (Å²) in [5.41, 5.74) is 2.86. The smallest absolute Gasteiger partial charge is 0.175 e. The van der Waals surface area contributed by atoms with Crippen molar-refractivity contribution >= 4 is 34.2 Å². The molecule has 3 aromatic rings. The number of benzene rings is 3. The first-order valence-electron chi connectivity index (χ1n) is 9.63. The van der Waals surface area contributed by atoms with Gasteiger partial charge in [-0.15, -0.1) is 0 Å². The molecule has 4 nitrogen and oxygen atoms in total. The van der Waals surface area contributed by atoms with E-state index in [-0.39, 0.29) is 12.4 Å². The van der Waals surface area contributed by atoms with E-state index in [0.717, 1.165) is 26.0 Å². The van der Waals surface area contributed by atoms with Gasteiger partial charge in [-0.25, -0.2) is 4.39 Å². The van der Waals surface area contributed by atoms with Crippen LogP contribution in [0.4, 0.5) is 4.39 Å². The van der Waals surface area contributed by atoms with E-state index in [2.05, 4.69) is 28.7 Å². The summed E-state index contributed by atoms with van der Waals surface area (Å²) in [6.45, 7) is 2.57. The number of rotatable bonds is 8. The highest BCUT2D eigenvalue weighted by molar-refractivity contribution is 14.1. The van der Waals surface area contributed by atoms with Crippen LogP contribution in [0.15, 0.2) is 60.7 Å². The minimum absolute atomic E-state index is 0.221. The lowest BCUT2D eigenvalue weighted by atomic mass is 10.0. The van der Waals surface area contributed by atoms with Gasteiger partial charge < -0.3 is 14.2 Å². The van der Waals surface area contributed by atoms with E-state index in [1.54, 1.807) is 19.2 Å². The van der Waals surface area contributed by atoms with Crippen LogP contribution in [0.3, 0.4) is 0 Å². The van der Waals surface area contributed by atoms with Crippen molar-refractivity contribution < 1.29 is 18.6 Å². The molecule has 0 saturated heterocycles. The van der Waals surface area contributed by atoms with E-state index < -0.39 is 0 Å². The van der Waals surface area contributed by atoms with Crippen LogP contribution in [0.1, 0.15) is 23.6 Å². The normalized spacial score (nSPS) is 11.0. The second kappa shape index (κ2) is 10.8. The molecule has 3 rings (SSSR count). The highest BCUT2D eigenvalue weighted by Crippen LogP contribution is 2.36. The molecule has 0 atom stereocenters. The second-order valence-corrected chi connectivity index (χ2v) is 7.74. The molecule has 0 radical (unpaired) electrons. The lowest BCUT2D eigenvalue weighted by Crippen LogP contribution is -2.02. The summed E-state index contributed by atoms with van der Waals surface area (Å²) in [4.78, 5) is 0. The van der Waals surface area contributed by atoms with E-state index in [4.69, 9.17) is 14.2 Å². The van der Waals surface area contributed by atoms with Crippen LogP contribution in [0.5, 0.6) is 17.2 Å². The lowest BCUT2D eigenvalue weighted by Gasteiger charge is -2.15. The zero-order valence-corrected chi connectivity index (χ0v) is 19.4. The number of hydrogen-bond donors (Lipinski definition) is 0. The summed E-state index contributed by atoms with van der Waals surface area (Å²) in [6, 6.07) is 19.6. The summed E-state index contributed by atoms with van der Waals surface area (Å²) >= 11 is 2.18. The summed E-state index contributed by atoms with van der Waals surface area (Å²) in [5.74, 6) is 1.59. The largest absolute Gasteiger partial charge is 0.497 e. The quantitative estimate of drug-likeness (QED) is 0.191.